The number of hydrogen-bond donors (Lipinski definition) is 4. The van der Waals surface area contributed by atoms with Crippen LogP contribution >= 0.6 is 0 Å². The van der Waals surface area contributed by atoms with Gasteiger partial charge in [-0.1, -0.05) is 24.3 Å². The molecule has 0 aromatic heterocycles. The van der Waals surface area contributed by atoms with E-state index in [4.69, 9.17) is 0 Å². The molecule has 0 aliphatic heterocycles. The zero-order valence-electron chi connectivity index (χ0n) is 11.5. The molecule has 6 nitrogen and oxygen atoms in total. The number of carbonyl (C=O) groups is 2. The highest BCUT2D eigenvalue weighted by molar-refractivity contribution is 5.97. The van der Waals surface area contributed by atoms with Crippen LogP contribution in [0.15, 0.2) is 54.6 Å². The molecule has 112 valence electrons. The number of amides is 2. The first-order chi connectivity index (χ1) is 10.6. The molecule has 0 bridgehead atoms. The van der Waals surface area contributed by atoms with Crippen LogP contribution in [0.4, 0.5) is 0 Å². The summed E-state index contributed by atoms with van der Waals surface area (Å²) in [5, 5.41) is 18.5. The van der Waals surface area contributed by atoms with Crippen molar-refractivity contribution in [3.05, 3.63) is 65.7 Å². The fourth-order valence-corrected chi connectivity index (χ4v) is 1.64. The highest BCUT2D eigenvalue weighted by Crippen LogP contribution is 2.25. The van der Waals surface area contributed by atoms with Gasteiger partial charge in [0.1, 0.15) is 0 Å². The van der Waals surface area contributed by atoms with Crippen molar-refractivity contribution in [2.24, 2.45) is 0 Å². The lowest BCUT2D eigenvalue weighted by Gasteiger charge is -2.05. The summed E-state index contributed by atoms with van der Waals surface area (Å²) in [5.74, 6) is -1.47. The van der Waals surface area contributed by atoms with Crippen molar-refractivity contribution in [1.29, 1.82) is 0 Å². The summed E-state index contributed by atoms with van der Waals surface area (Å²) >= 11 is 0. The second-order valence-electron chi connectivity index (χ2n) is 4.39. The molecule has 0 radical (unpaired) electrons. The summed E-state index contributed by atoms with van der Waals surface area (Å²) in [6, 6.07) is 12.6. The van der Waals surface area contributed by atoms with E-state index >= 15 is 0 Å². The number of carbonyl (C=O) groups excluding carboxylic acids is 2. The molecule has 0 saturated carbocycles. The van der Waals surface area contributed by atoms with Crippen LogP contribution < -0.4 is 10.9 Å². The monoisotopic (exact) mass is 298 g/mol. The first kappa shape index (κ1) is 15.1. The summed E-state index contributed by atoms with van der Waals surface area (Å²) in [7, 11) is 0. The third kappa shape index (κ3) is 4.11. The maximum atomic E-state index is 11.7. The minimum atomic E-state index is -0.531. The summed E-state index contributed by atoms with van der Waals surface area (Å²) in [5.41, 5.74) is 5.47. The quantitative estimate of drug-likeness (QED) is 0.393. The highest BCUT2D eigenvalue weighted by atomic mass is 16.3. The van der Waals surface area contributed by atoms with Crippen molar-refractivity contribution in [2.45, 2.75) is 0 Å². The molecule has 2 amide bonds. The Balaban J connectivity index is 1.89. The van der Waals surface area contributed by atoms with Gasteiger partial charge >= 0.3 is 0 Å². The molecular weight excluding hydrogens is 284 g/mol. The van der Waals surface area contributed by atoms with Crippen molar-refractivity contribution in [3.63, 3.8) is 0 Å². The Morgan fingerprint density at radius 1 is 0.909 bits per heavy atom. The van der Waals surface area contributed by atoms with E-state index in [2.05, 4.69) is 10.9 Å². The fourth-order valence-electron chi connectivity index (χ4n) is 1.64. The molecule has 22 heavy (non-hydrogen) atoms. The van der Waals surface area contributed by atoms with Crippen LogP contribution in [0.1, 0.15) is 15.9 Å². The molecule has 0 aliphatic rings. The Labute approximate surface area is 126 Å². The second-order valence-corrected chi connectivity index (χ2v) is 4.39. The molecule has 0 atom stereocenters. The maximum Gasteiger partial charge on any atom is 0.269 e. The molecule has 0 heterocycles. The van der Waals surface area contributed by atoms with E-state index in [0.29, 0.717) is 11.1 Å². The fraction of sp³-hybridized carbons (Fsp3) is 0. The third-order valence-corrected chi connectivity index (χ3v) is 2.76. The standard InChI is InChI=1S/C16H14N2O4/c19-13-8-6-11(10-14(13)20)7-9-15(21)17-18-16(22)12-4-2-1-3-5-12/h1-10,19-20H,(H,17,21)(H,18,22). The summed E-state index contributed by atoms with van der Waals surface area (Å²) in [4.78, 5) is 23.3. The van der Waals surface area contributed by atoms with Crippen LogP contribution in [0.3, 0.4) is 0 Å². The van der Waals surface area contributed by atoms with Crippen LogP contribution in [-0.2, 0) is 4.79 Å². The largest absolute Gasteiger partial charge is 0.504 e. The number of rotatable bonds is 3. The van der Waals surface area contributed by atoms with Crippen LogP contribution in [0.25, 0.3) is 6.08 Å². The molecule has 6 heteroatoms. The van der Waals surface area contributed by atoms with Crippen LogP contribution in [-0.4, -0.2) is 22.0 Å². The Kier molecular flexibility index (Phi) is 4.77. The van der Waals surface area contributed by atoms with Crippen molar-refractivity contribution in [1.82, 2.24) is 10.9 Å². The normalized spacial score (nSPS) is 10.4. The van der Waals surface area contributed by atoms with Crippen LogP contribution in [0.5, 0.6) is 11.5 Å². The SMILES string of the molecule is O=C(C=Cc1ccc(O)c(O)c1)NNC(=O)c1ccccc1. The van der Waals surface area contributed by atoms with E-state index in [1.165, 1.54) is 30.4 Å². The Morgan fingerprint density at radius 2 is 1.64 bits per heavy atom. The summed E-state index contributed by atoms with van der Waals surface area (Å²) in [6.07, 6.45) is 2.63. The predicted octanol–water partition coefficient (Wildman–Crippen LogP) is 1.57. The molecule has 0 fully saturated rings. The highest BCUT2D eigenvalue weighted by Gasteiger charge is 2.04. The van der Waals surface area contributed by atoms with Gasteiger partial charge in [0.2, 0.25) is 0 Å². The van der Waals surface area contributed by atoms with E-state index in [1.807, 2.05) is 0 Å². The minimum Gasteiger partial charge on any atom is -0.504 e. The first-order valence-corrected chi connectivity index (χ1v) is 6.41. The molecule has 0 aliphatic carbocycles. The van der Waals surface area contributed by atoms with Crippen molar-refractivity contribution < 1.29 is 19.8 Å². The molecule has 0 saturated heterocycles. The lowest BCUT2D eigenvalue weighted by Crippen LogP contribution is -2.40. The number of nitrogens with one attached hydrogen (secondary N) is 2. The predicted molar refractivity (Wildman–Crippen MR) is 80.9 cm³/mol. The van der Waals surface area contributed by atoms with E-state index in [0.717, 1.165) is 0 Å². The average molecular weight is 298 g/mol. The average Bonchev–Trinajstić information content (AvgIpc) is 2.54. The van der Waals surface area contributed by atoms with Gasteiger partial charge in [0.25, 0.3) is 11.8 Å². The first-order valence-electron chi connectivity index (χ1n) is 6.41. The molecule has 2 aromatic carbocycles. The number of benzene rings is 2. The molecule has 0 spiro atoms. The molecular formula is C16H14N2O4. The van der Waals surface area contributed by atoms with Gasteiger partial charge in [-0.2, -0.15) is 0 Å². The van der Waals surface area contributed by atoms with Gasteiger partial charge in [0.05, 0.1) is 0 Å². The van der Waals surface area contributed by atoms with Gasteiger partial charge in [0, 0.05) is 11.6 Å². The van der Waals surface area contributed by atoms with Gasteiger partial charge in [-0.3, -0.25) is 20.4 Å². The van der Waals surface area contributed by atoms with Gasteiger partial charge in [-0.05, 0) is 35.9 Å². The smallest absolute Gasteiger partial charge is 0.269 e. The van der Waals surface area contributed by atoms with Gasteiger partial charge in [-0.25, -0.2) is 0 Å². The molecule has 2 aromatic rings. The van der Waals surface area contributed by atoms with Crippen LogP contribution in [0.2, 0.25) is 0 Å². The van der Waals surface area contributed by atoms with E-state index < -0.39 is 11.8 Å². The van der Waals surface area contributed by atoms with E-state index in [-0.39, 0.29) is 11.5 Å². The maximum absolute atomic E-state index is 11.7. The Bertz CT molecular complexity index is 711. The zero-order valence-corrected chi connectivity index (χ0v) is 11.5. The van der Waals surface area contributed by atoms with Crippen molar-refractivity contribution >= 4 is 17.9 Å². The number of hydrazine groups is 1. The van der Waals surface area contributed by atoms with Gasteiger partial charge in [-0.15, -0.1) is 0 Å². The van der Waals surface area contributed by atoms with Gasteiger partial charge in [0.15, 0.2) is 11.5 Å². The van der Waals surface area contributed by atoms with Crippen molar-refractivity contribution in [2.75, 3.05) is 0 Å². The number of aromatic hydroxyl groups is 2. The zero-order chi connectivity index (χ0) is 15.9. The Hall–Kier alpha value is -3.28. The number of phenols is 2. The van der Waals surface area contributed by atoms with Crippen LogP contribution in [0, 0.1) is 0 Å². The lowest BCUT2D eigenvalue weighted by atomic mass is 10.2. The van der Waals surface area contributed by atoms with E-state index in [1.54, 1.807) is 30.3 Å². The molecule has 4 N–H and O–H groups in total. The molecule has 2 rings (SSSR count). The van der Waals surface area contributed by atoms with Crippen molar-refractivity contribution in [3.8, 4) is 11.5 Å². The summed E-state index contributed by atoms with van der Waals surface area (Å²) in [6.45, 7) is 0. The molecule has 0 unspecified atom stereocenters. The minimum absolute atomic E-state index is 0.239. The number of hydrogen-bond acceptors (Lipinski definition) is 4. The Morgan fingerprint density at radius 3 is 2.32 bits per heavy atom. The second kappa shape index (κ2) is 6.94. The summed E-state index contributed by atoms with van der Waals surface area (Å²) < 4.78 is 0. The van der Waals surface area contributed by atoms with Gasteiger partial charge < -0.3 is 10.2 Å². The number of phenolic OH excluding ortho intramolecular Hbond substituents is 2. The third-order valence-electron chi connectivity index (χ3n) is 2.76. The topological polar surface area (TPSA) is 98.7 Å². The lowest BCUT2D eigenvalue weighted by molar-refractivity contribution is -0.117. The van der Waals surface area contributed by atoms with E-state index in [9.17, 15) is 19.8 Å².